The van der Waals surface area contributed by atoms with Gasteiger partial charge in [-0.25, -0.2) is 13.4 Å². The molecule has 0 saturated carbocycles. The summed E-state index contributed by atoms with van der Waals surface area (Å²) in [5, 5.41) is 0.269. The third-order valence-electron chi connectivity index (χ3n) is 7.57. The van der Waals surface area contributed by atoms with Crippen molar-refractivity contribution >= 4 is 55.0 Å². The maximum Gasteiger partial charge on any atom is 0.250 e. The number of hydrogen-bond acceptors (Lipinski definition) is 7. The number of nitrogens with zero attached hydrogens (tertiary/aromatic N) is 4. The Morgan fingerprint density at radius 1 is 1.16 bits per heavy atom. The molecule has 2 fully saturated rings. The monoisotopic (exact) mass is 575 g/mol. The van der Waals surface area contributed by atoms with Crippen LogP contribution in [0.3, 0.4) is 0 Å². The number of halogens is 1. The number of pyridine rings is 2. The summed E-state index contributed by atoms with van der Waals surface area (Å²) in [6.07, 6.45) is 1.87. The lowest BCUT2D eigenvalue weighted by Crippen LogP contribution is -2.56. The lowest BCUT2D eigenvalue weighted by atomic mass is 9.83. The van der Waals surface area contributed by atoms with Crippen molar-refractivity contribution in [3.8, 4) is 0 Å². The fourth-order valence-corrected chi connectivity index (χ4v) is 8.54. The smallest absolute Gasteiger partial charge is 0.250 e. The molecule has 3 aliphatic rings. The van der Waals surface area contributed by atoms with Crippen LogP contribution in [0.1, 0.15) is 30.9 Å². The number of carbonyl (C=O) groups is 2. The van der Waals surface area contributed by atoms with Crippen molar-refractivity contribution in [3.05, 3.63) is 57.6 Å². The van der Waals surface area contributed by atoms with Crippen LogP contribution in [0.4, 0.5) is 0 Å². The molecule has 0 radical (unpaired) electrons. The van der Waals surface area contributed by atoms with Crippen molar-refractivity contribution in [2.45, 2.75) is 42.0 Å². The minimum absolute atomic E-state index is 0.0138. The number of fused-ring (bicyclic) bond motifs is 5. The van der Waals surface area contributed by atoms with E-state index in [2.05, 4.69) is 9.71 Å². The highest BCUT2D eigenvalue weighted by molar-refractivity contribution is 7.91. The van der Waals surface area contributed by atoms with Gasteiger partial charge in [-0.05, 0) is 49.4 Å². The first-order valence-corrected chi connectivity index (χ1v) is 15.2. The number of carbonyl (C=O) groups excluding carboxylic acids is 2. The van der Waals surface area contributed by atoms with E-state index < -0.39 is 22.0 Å². The van der Waals surface area contributed by atoms with Gasteiger partial charge >= 0.3 is 0 Å². The second kappa shape index (κ2) is 9.74. The van der Waals surface area contributed by atoms with Gasteiger partial charge in [-0.2, -0.15) is 4.72 Å². The van der Waals surface area contributed by atoms with Crippen LogP contribution in [-0.2, 0) is 26.2 Å². The van der Waals surface area contributed by atoms with E-state index in [1.807, 2.05) is 10.6 Å². The standard InChI is InChI=1S/C25H26ClN5O5S2/c26-21-7-6-20-18(27-21)10-24(37-20)38(35,36)28-17-3-2-8-29(25(17)34)14-23(33)30-11-15-9-16(13-30)19-4-1-5-22(32)31(19)12-15/h1,4-7,10,15-17,28H,2-3,8-9,11-14H2/t15-,16?,17-/m0/s1. The largest absolute Gasteiger partial charge is 0.340 e. The molecular weight excluding hydrogens is 550 g/mol. The van der Waals surface area contributed by atoms with Gasteiger partial charge in [0.1, 0.15) is 15.4 Å². The maximum atomic E-state index is 13.3. The summed E-state index contributed by atoms with van der Waals surface area (Å²) >= 11 is 6.98. The van der Waals surface area contributed by atoms with Gasteiger partial charge < -0.3 is 14.4 Å². The van der Waals surface area contributed by atoms with Crippen LogP contribution in [-0.4, -0.2) is 71.8 Å². The lowest BCUT2D eigenvalue weighted by Gasteiger charge is -2.43. The van der Waals surface area contributed by atoms with E-state index in [9.17, 15) is 22.8 Å². The Hall–Kier alpha value is -2.80. The minimum Gasteiger partial charge on any atom is -0.340 e. The summed E-state index contributed by atoms with van der Waals surface area (Å²) in [7, 11) is -3.97. The average Bonchev–Trinajstić information content (AvgIpc) is 3.31. The number of sulfonamides is 1. The zero-order chi connectivity index (χ0) is 26.6. The van der Waals surface area contributed by atoms with Gasteiger partial charge in [-0.1, -0.05) is 17.7 Å². The van der Waals surface area contributed by atoms with Gasteiger partial charge in [0.2, 0.25) is 11.8 Å². The molecule has 1 N–H and O–H groups in total. The van der Waals surface area contributed by atoms with Crippen LogP contribution in [0.15, 0.2) is 45.4 Å². The molecule has 2 bridgehead atoms. The Balaban J connectivity index is 1.13. The highest BCUT2D eigenvalue weighted by atomic mass is 35.5. The Morgan fingerprint density at radius 2 is 2.00 bits per heavy atom. The number of piperidine rings is 2. The Kier molecular flexibility index (Phi) is 6.53. The van der Waals surface area contributed by atoms with Gasteiger partial charge in [-0.15, -0.1) is 11.3 Å². The molecule has 6 heterocycles. The molecule has 1 unspecified atom stereocenters. The van der Waals surface area contributed by atoms with Crippen LogP contribution < -0.4 is 10.3 Å². The predicted molar refractivity (Wildman–Crippen MR) is 143 cm³/mol. The van der Waals surface area contributed by atoms with Crippen LogP contribution in [0, 0.1) is 5.92 Å². The highest BCUT2D eigenvalue weighted by Crippen LogP contribution is 2.35. The third kappa shape index (κ3) is 4.74. The van der Waals surface area contributed by atoms with Gasteiger partial charge in [0.15, 0.2) is 0 Å². The van der Waals surface area contributed by atoms with Crippen LogP contribution in [0.5, 0.6) is 0 Å². The molecule has 38 heavy (non-hydrogen) atoms. The molecule has 3 aromatic heterocycles. The summed E-state index contributed by atoms with van der Waals surface area (Å²) < 4.78 is 31.3. The SMILES string of the molecule is O=C(CN1CCC[C@H](NS(=O)(=O)c2cc3nc(Cl)ccc3s2)C1=O)N1CC2C[C@@H](C1)Cn1c2cccc1=O. The predicted octanol–water partition coefficient (Wildman–Crippen LogP) is 2.03. The number of hydrogen-bond donors (Lipinski definition) is 1. The van der Waals surface area contributed by atoms with Crippen molar-refractivity contribution in [3.63, 3.8) is 0 Å². The van der Waals surface area contributed by atoms with Gasteiger partial charge in [0, 0.05) is 43.9 Å². The van der Waals surface area contributed by atoms with Gasteiger partial charge in [0.05, 0.1) is 16.8 Å². The molecule has 0 spiro atoms. The van der Waals surface area contributed by atoms with E-state index in [1.54, 1.807) is 29.2 Å². The number of likely N-dealkylation sites (tertiary alicyclic amines) is 2. The molecule has 2 amide bonds. The lowest BCUT2D eigenvalue weighted by molar-refractivity contribution is -0.144. The number of nitrogens with one attached hydrogen (secondary N) is 1. The second-order valence-electron chi connectivity index (χ2n) is 10.2. The topological polar surface area (TPSA) is 122 Å². The van der Waals surface area contributed by atoms with E-state index in [4.69, 9.17) is 11.6 Å². The molecule has 2 saturated heterocycles. The second-order valence-corrected chi connectivity index (χ2v) is 13.6. The number of rotatable bonds is 5. The molecule has 10 nitrogen and oxygen atoms in total. The summed E-state index contributed by atoms with van der Waals surface area (Å²) in [4.78, 5) is 46.2. The van der Waals surface area contributed by atoms with E-state index in [0.29, 0.717) is 49.2 Å². The first-order chi connectivity index (χ1) is 18.2. The zero-order valence-electron chi connectivity index (χ0n) is 20.4. The molecule has 6 rings (SSSR count). The van der Waals surface area contributed by atoms with Crippen molar-refractivity contribution in [2.75, 3.05) is 26.2 Å². The molecule has 0 aliphatic carbocycles. The molecule has 3 atom stereocenters. The van der Waals surface area contributed by atoms with Crippen molar-refractivity contribution in [1.82, 2.24) is 24.1 Å². The molecule has 200 valence electrons. The van der Waals surface area contributed by atoms with Crippen LogP contribution in [0.25, 0.3) is 10.2 Å². The molecule has 3 aliphatic heterocycles. The van der Waals surface area contributed by atoms with Crippen molar-refractivity contribution in [2.24, 2.45) is 5.92 Å². The third-order valence-corrected chi connectivity index (χ3v) is 10.8. The first kappa shape index (κ1) is 25.5. The first-order valence-electron chi connectivity index (χ1n) is 12.5. The van der Waals surface area contributed by atoms with E-state index in [-0.39, 0.29) is 39.2 Å². The number of amides is 2. The van der Waals surface area contributed by atoms with E-state index in [0.717, 1.165) is 23.5 Å². The summed E-state index contributed by atoms with van der Waals surface area (Å²) in [6.45, 7) is 1.93. The molecule has 3 aromatic rings. The summed E-state index contributed by atoms with van der Waals surface area (Å²) in [5.41, 5.74) is 1.41. The molecule has 13 heteroatoms. The van der Waals surface area contributed by atoms with Gasteiger partial charge in [-0.3, -0.25) is 14.4 Å². The van der Waals surface area contributed by atoms with Crippen LogP contribution >= 0.6 is 22.9 Å². The minimum atomic E-state index is -3.97. The Labute approximate surface area is 228 Å². The Bertz CT molecular complexity index is 1600. The van der Waals surface area contributed by atoms with E-state index in [1.165, 1.54) is 11.0 Å². The zero-order valence-corrected chi connectivity index (χ0v) is 22.8. The average molecular weight is 576 g/mol. The quantitative estimate of drug-likeness (QED) is 0.465. The van der Waals surface area contributed by atoms with Crippen molar-refractivity contribution in [1.29, 1.82) is 0 Å². The maximum absolute atomic E-state index is 13.3. The van der Waals surface area contributed by atoms with Gasteiger partial charge in [0.25, 0.3) is 15.6 Å². The molecule has 0 aromatic carbocycles. The number of aromatic nitrogens is 2. The highest BCUT2D eigenvalue weighted by Gasteiger charge is 2.38. The number of thiophene rings is 1. The fourth-order valence-electron chi connectivity index (χ4n) is 5.82. The Morgan fingerprint density at radius 3 is 2.84 bits per heavy atom. The van der Waals surface area contributed by atoms with Crippen LogP contribution in [0.2, 0.25) is 5.15 Å². The van der Waals surface area contributed by atoms with Crippen molar-refractivity contribution < 1.29 is 18.0 Å². The molecular formula is C25H26ClN5O5S2. The fraction of sp³-hybridized carbons (Fsp3) is 0.440. The van der Waals surface area contributed by atoms with E-state index >= 15 is 0 Å². The summed E-state index contributed by atoms with van der Waals surface area (Å²) in [5.74, 6) is -0.282. The summed E-state index contributed by atoms with van der Waals surface area (Å²) in [6, 6.07) is 9.07. The normalized spacial score (nSPS) is 23.5.